The van der Waals surface area contributed by atoms with E-state index in [0.29, 0.717) is 6.54 Å². The molecular formula is C16H17ClN2OS. The number of benzene rings is 1. The summed E-state index contributed by atoms with van der Waals surface area (Å²) in [5, 5.41) is 6.34. The molecule has 0 aliphatic carbocycles. The molecule has 1 aliphatic rings. The molecule has 1 aliphatic heterocycles. The van der Waals surface area contributed by atoms with Crippen LogP contribution in [0.25, 0.3) is 0 Å². The largest absolute Gasteiger partial charge is 0.352 e. The summed E-state index contributed by atoms with van der Waals surface area (Å²) < 4.78 is 0.793. The molecule has 110 valence electrons. The fourth-order valence-electron chi connectivity index (χ4n) is 2.63. The first-order valence-corrected chi connectivity index (χ1v) is 8.27. The third-order valence-electron chi connectivity index (χ3n) is 3.67. The summed E-state index contributed by atoms with van der Waals surface area (Å²) in [5.41, 5.74) is 3.24. The van der Waals surface area contributed by atoms with Crippen LogP contribution < -0.4 is 10.6 Å². The van der Waals surface area contributed by atoms with E-state index in [0.717, 1.165) is 35.8 Å². The van der Waals surface area contributed by atoms with Gasteiger partial charge in [-0.15, -0.1) is 11.3 Å². The number of fused-ring (bicyclic) bond motifs is 1. The van der Waals surface area contributed by atoms with Gasteiger partial charge in [-0.25, -0.2) is 0 Å². The van der Waals surface area contributed by atoms with E-state index < -0.39 is 0 Å². The van der Waals surface area contributed by atoms with Crippen LogP contribution in [0.5, 0.6) is 0 Å². The summed E-state index contributed by atoms with van der Waals surface area (Å²) in [6.07, 6.45) is 1.74. The Labute approximate surface area is 133 Å². The zero-order valence-corrected chi connectivity index (χ0v) is 13.2. The molecule has 0 fully saturated rings. The second kappa shape index (κ2) is 6.60. The number of thiophene rings is 1. The number of carbonyl (C=O) groups excluding carboxylic acids is 1. The lowest BCUT2D eigenvalue weighted by Crippen LogP contribution is -2.30. The molecule has 5 heteroatoms. The maximum absolute atomic E-state index is 12.4. The van der Waals surface area contributed by atoms with Crippen LogP contribution in [-0.2, 0) is 19.4 Å². The van der Waals surface area contributed by atoms with Gasteiger partial charge in [-0.1, -0.05) is 23.7 Å². The van der Waals surface area contributed by atoms with Crippen molar-refractivity contribution in [2.75, 3.05) is 13.1 Å². The van der Waals surface area contributed by atoms with E-state index >= 15 is 0 Å². The van der Waals surface area contributed by atoms with Crippen molar-refractivity contribution in [2.24, 2.45) is 0 Å². The molecular weight excluding hydrogens is 304 g/mol. The zero-order valence-electron chi connectivity index (χ0n) is 11.6. The van der Waals surface area contributed by atoms with Crippen molar-refractivity contribution < 1.29 is 4.79 Å². The minimum atomic E-state index is 0.0244. The van der Waals surface area contributed by atoms with Gasteiger partial charge in [-0.3, -0.25) is 4.79 Å². The Morgan fingerprint density at radius 2 is 2.24 bits per heavy atom. The average Bonchev–Trinajstić information content (AvgIpc) is 2.92. The van der Waals surface area contributed by atoms with Gasteiger partial charge in [0.05, 0.1) is 4.34 Å². The van der Waals surface area contributed by atoms with Gasteiger partial charge in [0.25, 0.3) is 5.91 Å². The van der Waals surface area contributed by atoms with Crippen LogP contribution in [0.2, 0.25) is 4.34 Å². The predicted molar refractivity (Wildman–Crippen MR) is 87.2 cm³/mol. The van der Waals surface area contributed by atoms with Crippen LogP contribution in [0.4, 0.5) is 0 Å². The Kier molecular flexibility index (Phi) is 4.58. The van der Waals surface area contributed by atoms with E-state index in [2.05, 4.69) is 16.7 Å². The third-order valence-corrected chi connectivity index (χ3v) is 4.96. The van der Waals surface area contributed by atoms with Crippen molar-refractivity contribution in [2.45, 2.75) is 19.4 Å². The second-order valence-corrected chi connectivity index (χ2v) is 6.88. The van der Waals surface area contributed by atoms with Crippen LogP contribution in [0.1, 0.15) is 26.4 Å². The van der Waals surface area contributed by atoms with Gasteiger partial charge < -0.3 is 10.6 Å². The van der Waals surface area contributed by atoms with Crippen LogP contribution >= 0.6 is 22.9 Å². The molecule has 21 heavy (non-hydrogen) atoms. The molecule has 0 spiro atoms. The van der Waals surface area contributed by atoms with Crippen LogP contribution in [0, 0.1) is 0 Å². The maximum atomic E-state index is 12.4. The Bertz CT molecular complexity index is 653. The molecule has 1 aromatic carbocycles. The maximum Gasteiger partial charge on any atom is 0.251 e. The van der Waals surface area contributed by atoms with Gasteiger partial charge in [0.1, 0.15) is 0 Å². The van der Waals surface area contributed by atoms with E-state index in [9.17, 15) is 4.79 Å². The minimum absolute atomic E-state index is 0.0244. The average molecular weight is 321 g/mol. The Balaban J connectivity index is 1.63. The molecule has 3 nitrogen and oxygen atoms in total. The SMILES string of the molecule is O=C(NCCc1ccc(Cl)s1)c1cccc2c1CCNC2. The normalized spacial score (nSPS) is 13.8. The lowest BCUT2D eigenvalue weighted by atomic mass is 9.95. The summed E-state index contributed by atoms with van der Waals surface area (Å²) in [6.45, 7) is 2.42. The van der Waals surface area contributed by atoms with Gasteiger partial charge in [-0.05, 0) is 48.7 Å². The molecule has 2 heterocycles. The lowest BCUT2D eigenvalue weighted by Gasteiger charge is -2.19. The summed E-state index contributed by atoms with van der Waals surface area (Å²) in [4.78, 5) is 13.6. The Morgan fingerprint density at radius 3 is 3.05 bits per heavy atom. The highest BCUT2D eigenvalue weighted by atomic mass is 35.5. The van der Waals surface area contributed by atoms with Crippen molar-refractivity contribution in [3.8, 4) is 0 Å². The number of nitrogens with one attached hydrogen (secondary N) is 2. The smallest absolute Gasteiger partial charge is 0.251 e. The highest BCUT2D eigenvalue weighted by molar-refractivity contribution is 7.16. The van der Waals surface area contributed by atoms with E-state index in [1.54, 1.807) is 11.3 Å². The first-order chi connectivity index (χ1) is 10.2. The highest BCUT2D eigenvalue weighted by Crippen LogP contribution is 2.22. The van der Waals surface area contributed by atoms with Gasteiger partial charge in [0.15, 0.2) is 0 Å². The van der Waals surface area contributed by atoms with Crippen LogP contribution in [-0.4, -0.2) is 19.0 Å². The molecule has 0 atom stereocenters. The fraction of sp³-hybridized carbons (Fsp3) is 0.312. The summed E-state index contributed by atoms with van der Waals surface area (Å²) >= 11 is 7.47. The number of carbonyl (C=O) groups is 1. The number of hydrogen-bond acceptors (Lipinski definition) is 3. The molecule has 0 unspecified atom stereocenters. The molecule has 1 aromatic heterocycles. The number of amides is 1. The predicted octanol–water partition coefficient (Wildman–Crippen LogP) is 3.02. The zero-order chi connectivity index (χ0) is 14.7. The van der Waals surface area contributed by atoms with Crippen molar-refractivity contribution in [3.63, 3.8) is 0 Å². The van der Waals surface area contributed by atoms with Gasteiger partial charge in [0, 0.05) is 23.5 Å². The standard InChI is InChI=1S/C16H17ClN2OS/c17-15-5-4-12(21-15)6-9-19-16(20)14-3-1-2-11-10-18-8-7-13(11)14/h1-5,18H,6-10H2,(H,19,20). The van der Waals surface area contributed by atoms with Crippen molar-refractivity contribution in [1.82, 2.24) is 10.6 Å². The van der Waals surface area contributed by atoms with Crippen molar-refractivity contribution in [3.05, 3.63) is 56.2 Å². The Morgan fingerprint density at radius 1 is 1.33 bits per heavy atom. The molecule has 2 N–H and O–H groups in total. The van der Waals surface area contributed by atoms with E-state index in [1.807, 2.05) is 24.3 Å². The molecule has 3 rings (SSSR count). The Hall–Kier alpha value is -1.36. The van der Waals surface area contributed by atoms with E-state index in [-0.39, 0.29) is 5.91 Å². The fourth-order valence-corrected chi connectivity index (χ4v) is 3.71. The van der Waals surface area contributed by atoms with E-state index in [1.165, 1.54) is 16.0 Å². The van der Waals surface area contributed by atoms with Gasteiger partial charge in [-0.2, -0.15) is 0 Å². The molecule has 0 radical (unpaired) electrons. The van der Waals surface area contributed by atoms with Gasteiger partial charge in [0.2, 0.25) is 0 Å². The first kappa shape index (κ1) is 14.6. The molecule has 0 saturated heterocycles. The molecule has 1 amide bonds. The van der Waals surface area contributed by atoms with Crippen molar-refractivity contribution in [1.29, 1.82) is 0 Å². The molecule has 2 aromatic rings. The quantitative estimate of drug-likeness (QED) is 0.909. The molecule has 0 bridgehead atoms. The lowest BCUT2D eigenvalue weighted by molar-refractivity contribution is 0.0953. The minimum Gasteiger partial charge on any atom is -0.352 e. The first-order valence-electron chi connectivity index (χ1n) is 7.08. The third kappa shape index (κ3) is 3.46. The summed E-state index contributed by atoms with van der Waals surface area (Å²) in [6, 6.07) is 9.87. The monoisotopic (exact) mass is 320 g/mol. The van der Waals surface area contributed by atoms with E-state index in [4.69, 9.17) is 11.6 Å². The topological polar surface area (TPSA) is 41.1 Å². The van der Waals surface area contributed by atoms with Crippen molar-refractivity contribution >= 4 is 28.8 Å². The van der Waals surface area contributed by atoms with Crippen LogP contribution in [0.3, 0.4) is 0 Å². The number of hydrogen-bond donors (Lipinski definition) is 2. The molecule has 0 saturated carbocycles. The van der Waals surface area contributed by atoms with Crippen LogP contribution in [0.15, 0.2) is 30.3 Å². The second-order valence-electron chi connectivity index (χ2n) is 5.08. The number of rotatable bonds is 4. The summed E-state index contributed by atoms with van der Waals surface area (Å²) in [5.74, 6) is 0.0244. The van der Waals surface area contributed by atoms with Gasteiger partial charge >= 0.3 is 0 Å². The highest BCUT2D eigenvalue weighted by Gasteiger charge is 2.16. The number of halogens is 1. The summed E-state index contributed by atoms with van der Waals surface area (Å²) in [7, 11) is 0.